The SMILES string of the molecule is Cc1ccc(OCC(=O)C2CC2)c(Cl)c1. The minimum atomic E-state index is 0.146. The van der Waals surface area contributed by atoms with Gasteiger partial charge in [-0.1, -0.05) is 17.7 Å². The van der Waals surface area contributed by atoms with Crippen LogP contribution in [-0.4, -0.2) is 12.4 Å². The number of Topliss-reactive ketones (excluding diaryl/α,β-unsaturated/α-hetero) is 1. The molecule has 15 heavy (non-hydrogen) atoms. The molecule has 2 rings (SSSR count). The smallest absolute Gasteiger partial charge is 0.173 e. The lowest BCUT2D eigenvalue weighted by molar-refractivity contribution is -0.122. The van der Waals surface area contributed by atoms with Gasteiger partial charge in [-0.25, -0.2) is 0 Å². The van der Waals surface area contributed by atoms with Crippen molar-refractivity contribution in [2.75, 3.05) is 6.61 Å². The molecule has 1 aliphatic carbocycles. The lowest BCUT2D eigenvalue weighted by Crippen LogP contribution is -2.12. The van der Waals surface area contributed by atoms with E-state index < -0.39 is 0 Å². The van der Waals surface area contributed by atoms with Crippen molar-refractivity contribution in [3.8, 4) is 5.75 Å². The van der Waals surface area contributed by atoms with Gasteiger partial charge in [0.1, 0.15) is 12.4 Å². The van der Waals surface area contributed by atoms with Crippen molar-refractivity contribution in [3.05, 3.63) is 28.8 Å². The topological polar surface area (TPSA) is 26.3 Å². The average molecular weight is 225 g/mol. The van der Waals surface area contributed by atoms with Gasteiger partial charge in [0, 0.05) is 5.92 Å². The molecule has 0 N–H and O–H groups in total. The van der Waals surface area contributed by atoms with E-state index in [1.54, 1.807) is 6.07 Å². The van der Waals surface area contributed by atoms with Crippen molar-refractivity contribution in [1.29, 1.82) is 0 Å². The molecule has 1 aliphatic rings. The summed E-state index contributed by atoms with van der Waals surface area (Å²) in [5.74, 6) is 1.03. The minimum absolute atomic E-state index is 0.146. The van der Waals surface area contributed by atoms with Crippen LogP contribution in [0.4, 0.5) is 0 Å². The predicted molar refractivity (Wildman–Crippen MR) is 59.4 cm³/mol. The van der Waals surface area contributed by atoms with Crippen LogP contribution in [0.5, 0.6) is 5.75 Å². The summed E-state index contributed by atoms with van der Waals surface area (Å²) >= 11 is 5.97. The molecule has 3 heteroatoms. The zero-order valence-electron chi connectivity index (χ0n) is 8.63. The Morgan fingerprint density at radius 3 is 2.87 bits per heavy atom. The third-order valence-electron chi connectivity index (χ3n) is 2.49. The van der Waals surface area contributed by atoms with E-state index in [1.165, 1.54) is 0 Å². The Kier molecular flexibility index (Phi) is 2.96. The Hall–Kier alpha value is -1.02. The monoisotopic (exact) mass is 224 g/mol. The highest BCUT2D eigenvalue weighted by molar-refractivity contribution is 6.32. The Morgan fingerprint density at radius 1 is 1.53 bits per heavy atom. The van der Waals surface area contributed by atoms with Gasteiger partial charge in [0.05, 0.1) is 5.02 Å². The largest absolute Gasteiger partial charge is 0.484 e. The first-order chi connectivity index (χ1) is 7.16. The predicted octanol–water partition coefficient (Wildman–Crippen LogP) is 3.01. The van der Waals surface area contributed by atoms with Crippen LogP contribution in [0.25, 0.3) is 0 Å². The second kappa shape index (κ2) is 4.23. The number of benzene rings is 1. The Balaban J connectivity index is 1.95. The number of halogens is 1. The van der Waals surface area contributed by atoms with Gasteiger partial charge in [-0.15, -0.1) is 0 Å². The van der Waals surface area contributed by atoms with Crippen LogP contribution in [-0.2, 0) is 4.79 Å². The number of ether oxygens (including phenoxy) is 1. The van der Waals surface area contributed by atoms with Crippen LogP contribution < -0.4 is 4.74 Å². The van der Waals surface area contributed by atoms with E-state index in [2.05, 4.69) is 0 Å². The highest BCUT2D eigenvalue weighted by Crippen LogP contribution is 2.31. The van der Waals surface area contributed by atoms with Gasteiger partial charge in [0.25, 0.3) is 0 Å². The molecule has 0 aliphatic heterocycles. The van der Waals surface area contributed by atoms with E-state index in [0.717, 1.165) is 18.4 Å². The first kappa shape index (κ1) is 10.5. The second-order valence-corrected chi connectivity index (χ2v) is 4.37. The van der Waals surface area contributed by atoms with Crippen molar-refractivity contribution >= 4 is 17.4 Å². The fourth-order valence-corrected chi connectivity index (χ4v) is 1.68. The second-order valence-electron chi connectivity index (χ2n) is 3.96. The van der Waals surface area contributed by atoms with Crippen LogP contribution >= 0.6 is 11.6 Å². The standard InChI is InChI=1S/C12H13ClO2/c1-8-2-5-12(10(13)6-8)15-7-11(14)9-3-4-9/h2,5-6,9H,3-4,7H2,1H3. The fraction of sp³-hybridized carbons (Fsp3) is 0.417. The van der Waals surface area contributed by atoms with Gasteiger partial charge < -0.3 is 4.74 Å². The van der Waals surface area contributed by atoms with Crippen LogP contribution in [0.3, 0.4) is 0 Å². The van der Waals surface area contributed by atoms with Crippen LogP contribution in [0, 0.1) is 12.8 Å². The van der Waals surface area contributed by atoms with Gasteiger partial charge in [0.15, 0.2) is 5.78 Å². The lowest BCUT2D eigenvalue weighted by atomic mass is 10.2. The van der Waals surface area contributed by atoms with E-state index in [0.29, 0.717) is 10.8 Å². The molecule has 1 fully saturated rings. The quantitative estimate of drug-likeness (QED) is 0.786. The summed E-state index contributed by atoms with van der Waals surface area (Å²) in [5.41, 5.74) is 1.08. The summed E-state index contributed by atoms with van der Waals surface area (Å²) in [6.45, 7) is 2.11. The van der Waals surface area contributed by atoms with Gasteiger partial charge in [-0.05, 0) is 37.5 Å². The van der Waals surface area contributed by atoms with E-state index in [1.807, 2.05) is 19.1 Å². The van der Waals surface area contributed by atoms with Gasteiger partial charge in [-0.3, -0.25) is 4.79 Å². The van der Waals surface area contributed by atoms with Crippen molar-refractivity contribution in [2.24, 2.45) is 5.92 Å². The first-order valence-corrected chi connectivity index (χ1v) is 5.46. The Bertz CT molecular complexity index is 383. The number of carbonyl (C=O) groups excluding carboxylic acids is 1. The molecule has 1 aromatic carbocycles. The normalized spacial score (nSPS) is 15.1. The molecule has 2 nitrogen and oxygen atoms in total. The van der Waals surface area contributed by atoms with Crippen LogP contribution in [0.15, 0.2) is 18.2 Å². The molecule has 0 amide bonds. The summed E-state index contributed by atoms with van der Waals surface area (Å²) < 4.78 is 5.37. The molecule has 0 radical (unpaired) electrons. The third-order valence-corrected chi connectivity index (χ3v) is 2.79. The molecule has 0 unspecified atom stereocenters. The van der Waals surface area contributed by atoms with Gasteiger partial charge in [0.2, 0.25) is 0 Å². The summed E-state index contributed by atoms with van der Waals surface area (Å²) in [6.07, 6.45) is 2.04. The van der Waals surface area contributed by atoms with Crippen molar-refractivity contribution in [3.63, 3.8) is 0 Å². The maximum Gasteiger partial charge on any atom is 0.173 e. The van der Waals surface area contributed by atoms with E-state index >= 15 is 0 Å². The summed E-state index contributed by atoms with van der Waals surface area (Å²) in [5, 5.41) is 0.568. The molecule has 0 atom stereocenters. The lowest BCUT2D eigenvalue weighted by Gasteiger charge is -2.07. The maximum absolute atomic E-state index is 11.4. The molecule has 0 heterocycles. The number of ketones is 1. The van der Waals surface area contributed by atoms with Crippen molar-refractivity contribution in [1.82, 2.24) is 0 Å². The summed E-state index contributed by atoms with van der Waals surface area (Å²) in [7, 11) is 0. The number of carbonyl (C=O) groups is 1. The molecule has 0 spiro atoms. The highest BCUT2D eigenvalue weighted by Gasteiger charge is 2.29. The summed E-state index contributed by atoms with van der Waals surface area (Å²) in [4.78, 5) is 11.4. The zero-order valence-corrected chi connectivity index (χ0v) is 9.38. The molecule has 1 aromatic rings. The fourth-order valence-electron chi connectivity index (χ4n) is 1.39. The molecule has 0 aromatic heterocycles. The van der Waals surface area contributed by atoms with Crippen LogP contribution in [0.1, 0.15) is 18.4 Å². The van der Waals surface area contributed by atoms with E-state index in [4.69, 9.17) is 16.3 Å². The molecule has 0 bridgehead atoms. The van der Waals surface area contributed by atoms with Gasteiger partial charge >= 0.3 is 0 Å². The molecule has 1 saturated carbocycles. The number of hydrogen-bond donors (Lipinski definition) is 0. The zero-order chi connectivity index (χ0) is 10.8. The van der Waals surface area contributed by atoms with Gasteiger partial charge in [-0.2, -0.15) is 0 Å². The van der Waals surface area contributed by atoms with E-state index in [-0.39, 0.29) is 18.3 Å². The average Bonchev–Trinajstić information content (AvgIpc) is 2.99. The minimum Gasteiger partial charge on any atom is -0.484 e. The van der Waals surface area contributed by atoms with Crippen molar-refractivity contribution in [2.45, 2.75) is 19.8 Å². The molecular formula is C12H13ClO2. The number of hydrogen-bond acceptors (Lipinski definition) is 2. The first-order valence-electron chi connectivity index (χ1n) is 5.08. The number of aryl methyl sites for hydroxylation is 1. The molecule has 80 valence electrons. The number of rotatable bonds is 4. The van der Waals surface area contributed by atoms with Crippen molar-refractivity contribution < 1.29 is 9.53 Å². The van der Waals surface area contributed by atoms with E-state index in [9.17, 15) is 4.79 Å². The third kappa shape index (κ3) is 2.72. The molecule has 0 saturated heterocycles. The molecular weight excluding hydrogens is 212 g/mol. The highest BCUT2D eigenvalue weighted by atomic mass is 35.5. The maximum atomic E-state index is 11.4. The van der Waals surface area contributed by atoms with Crippen LogP contribution in [0.2, 0.25) is 5.02 Å². The Labute approximate surface area is 94.2 Å². The summed E-state index contributed by atoms with van der Waals surface area (Å²) in [6, 6.07) is 5.55. The Morgan fingerprint density at radius 2 is 2.27 bits per heavy atom.